The molecule has 5 nitrogen and oxygen atoms in total. The van der Waals surface area contributed by atoms with Gasteiger partial charge in [0.15, 0.2) is 16.3 Å². The molecular formula is C21H24N2O3S. The van der Waals surface area contributed by atoms with Gasteiger partial charge in [-0.1, -0.05) is 31.3 Å². The molecule has 2 aromatic carbocycles. The summed E-state index contributed by atoms with van der Waals surface area (Å²) in [6, 6.07) is 11.5. The highest BCUT2D eigenvalue weighted by atomic mass is 32.1. The lowest BCUT2D eigenvalue weighted by Crippen LogP contribution is -2.16. The van der Waals surface area contributed by atoms with Gasteiger partial charge in [0.25, 0.3) is 5.91 Å². The SMILES string of the molecule is CCCn1c(=NC(=O)c2ccc(OC)c(OC)c2)sc2cc(CC)ccc21. The number of rotatable bonds is 6. The van der Waals surface area contributed by atoms with Crippen LogP contribution in [0.4, 0.5) is 0 Å². The second-order valence-electron chi connectivity index (χ2n) is 6.18. The van der Waals surface area contributed by atoms with E-state index in [1.807, 2.05) is 0 Å². The van der Waals surface area contributed by atoms with Crippen molar-refractivity contribution in [1.29, 1.82) is 0 Å². The topological polar surface area (TPSA) is 52.8 Å². The third kappa shape index (κ3) is 3.90. The maximum absolute atomic E-state index is 12.8. The summed E-state index contributed by atoms with van der Waals surface area (Å²) in [6.07, 6.45) is 1.96. The van der Waals surface area contributed by atoms with Gasteiger partial charge in [-0.2, -0.15) is 4.99 Å². The molecule has 0 saturated heterocycles. The second kappa shape index (κ2) is 8.39. The van der Waals surface area contributed by atoms with E-state index in [2.05, 4.69) is 41.6 Å². The Labute approximate surface area is 162 Å². The summed E-state index contributed by atoms with van der Waals surface area (Å²) in [5, 5.41) is 0. The first-order valence-corrected chi connectivity index (χ1v) is 9.86. The molecule has 3 rings (SSSR count). The summed E-state index contributed by atoms with van der Waals surface area (Å²) in [6.45, 7) is 5.08. The van der Waals surface area contributed by atoms with E-state index in [0.717, 1.165) is 34.4 Å². The first-order valence-electron chi connectivity index (χ1n) is 9.04. The third-order valence-corrected chi connectivity index (χ3v) is 5.47. The molecular weight excluding hydrogens is 360 g/mol. The number of amides is 1. The highest BCUT2D eigenvalue weighted by Crippen LogP contribution is 2.28. The van der Waals surface area contributed by atoms with Crippen LogP contribution in [0.3, 0.4) is 0 Å². The Morgan fingerprint density at radius 2 is 1.85 bits per heavy atom. The van der Waals surface area contributed by atoms with Gasteiger partial charge in [-0.3, -0.25) is 4.79 Å². The normalized spacial score (nSPS) is 11.8. The van der Waals surface area contributed by atoms with Crippen LogP contribution in [0, 0.1) is 0 Å². The van der Waals surface area contributed by atoms with Crippen molar-refractivity contribution in [2.24, 2.45) is 4.99 Å². The van der Waals surface area contributed by atoms with E-state index in [1.165, 1.54) is 5.56 Å². The van der Waals surface area contributed by atoms with Gasteiger partial charge in [-0.25, -0.2) is 0 Å². The minimum absolute atomic E-state index is 0.289. The third-order valence-electron chi connectivity index (χ3n) is 4.43. The van der Waals surface area contributed by atoms with E-state index in [0.29, 0.717) is 17.1 Å². The van der Waals surface area contributed by atoms with E-state index in [4.69, 9.17) is 9.47 Å². The average molecular weight is 385 g/mol. The molecule has 27 heavy (non-hydrogen) atoms. The van der Waals surface area contributed by atoms with E-state index < -0.39 is 0 Å². The van der Waals surface area contributed by atoms with Gasteiger partial charge in [0, 0.05) is 12.1 Å². The first-order chi connectivity index (χ1) is 13.1. The Balaban J connectivity index is 2.08. The summed E-state index contributed by atoms with van der Waals surface area (Å²) in [7, 11) is 3.12. The van der Waals surface area contributed by atoms with Crippen molar-refractivity contribution in [3.8, 4) is 11.5 Å². The van der Waals surface area contributed by atoms with Gasteiger partial charge in [0.2, 0.25) is 0 Å². The van der Waals surface area contributed by atoms with Crippen LogP contribution in [-0.4, -0.2) is 24.7 Å². The van der Waals surface area contributed by atoms with Gasteiger partial charge >= 0.3 is 0 Å². The number of hydrogen-bond acceptors (Lipinski definition) is 4. The molecule has 1 heterocycles. The van der Waals surface area contributed by atoms with E-state index in [1.54, 1.807) is 43.8 Å². The van der Waals surface area contributed by atoms with Crippen LogP contribution in [0.2, 0.25) is 0 Å². The Hall–Kier alpha value is -2.60. The number of ether oxygens (including phenoxy) is 2. The zero-order chi connectivity index (χ0) is 19.4. The molecule has 0 N–H and O–H groups in total. The number of benzene rings is 2. The molecule has 1 amide bonds. The summed E-state index contributed by atoms with van der Waals surface area (Å²) >= 11 is 1.55. The molecule has 0 aliphatic carbocycles. The number of carbonyl (C=O) groups excluding carboxylic acids is 1. The molecule has 0 aliphatic heterocycles. The molecule has 0 fully saturated rings. The summed E-state index contributed by atoms with van der Waals surface area (Å²) in [5.74, 6) is 0.816. The van der Waals surface area contributed by atoms with Crippen LogP contribution in [0.15, 0.2) is 41.4 Å². The van der Waals surface area contributed by atoms with Gasteiger partial charge in [0.1, 0.15) is 0 Å². The summed E-state index contributed by atoms with van der Waals surface area (Å²) in [4.78, 5) is 17.9. The standard InChI is InChI=1S/C21H24N2O3S/c1-5-11-23-16-9-7-14(6-2)12-19(16)27-21(23)22-20(24)15-8-10-17(25-3)18(13-15)26-4/h7-10,12-13H,5-6,11H2,1-4H3. The van der Waals surface area contributed by atoms with Crippen LogP contribution >= 0.6 is 11.3 Å². The molecule has 0 spiro atoms. The lowest BCUT2D eigenvalue weighted by molar-refractivity contribution is 0.0997. The molecule has 142 valence electrons. The number of methoxy groups -OCH3 is 2. The van der Waals surface area contributed by atoms with Crippen molar-refractivity contribution in [2.75, 3.05) is 14.2 Å². The number of fused-ring (bicyclic) bond motifs is 1. The maximum Gasteiger partial charge on any atom is 0.279 e. The van der Waals surface area contributed by atoms with Crippen molar-refractivity contribution in [3.05, 3.63) is 52.3 Å². The van der Waals surface area contributed by atoms with E-state index >= 15 is 0 Å². The predicted molar refractivity (Wildman–Crippen MR) is 109 cm³/mol. The lowest BCUT2D eigenvalue weighted by atomic mass is 10.2. The van der Waals surface area contributed by atoms with Crippen molar-refractivity contribution >= 4 is 27.5 Å². The highest BCUT2D eigenvalue weighted by Gasteiger charge is 2.12. The molecule has 1 aromatic heterocycles. The molecule has 0 bridgehead atoms. The number of aryl methyl sites for hydroxylation is 2. The minimum Gasteiger partial charge on any atom is -0.493 e. The lowest BCUT2D eigenvalue weighted by Gasteiger charge is -2.07. The van der Waals surface area contributed by atoms with Gasteiger partial charge < -0.3 is 14.0 Å². The zero-order valence-corrected chi connectivity index (χ0v) is 16.9. The predicted octanol–water partition coefficient (Wildman–Crippen LogP) is 4.43. The Morgan fingerprint density at radius 3 is 2.52 bits per heavy atom. The monoisotopic (exact) mass is 384 g/mol. The van der Waals surface area contributed by atoms with Crippen molar-refractivity contribution in [2.45, 2.75) is 33.2 Å². The van der Waals surface area contributed by atoms with Crippen molar-refractivity contribution < 1.29 is 14.3 Å². The fourth-order valence-corrected chi connectivity index (χ4v) is 4.10. The largest absolute Gasteiger partial charge is 0.493 e. The van der Waals surface area contributed by atoms with Crippen molar-refractivity contribution in [1.82, 2.24) is 4.57 Å². The fraction of sp³-hybridized carbons (Fsp3) is 0.333. The average Bonchev–Trinajstić information content (AvgIpc) is 3.03. The van der Waals surface area contributed by atoms with Crippen LogP contribution in [0.25, 0.3) is 10.2 Å². The van der Waals surface area contributed by atoms with Gasteiger partial charge in [-0.15, -0.1) is 0 Å². The smallest absolute Gasteiger partial charge is 0.279 e. The molecule has 0 saturated carbocycles. The molecule has 0 radical (unpaired) electrons. The minimum atomic E-state index is -0.289. The van der Waals surface area contributed by atoms with Gasteiger partial charge in [-0.05, 0) is 48.7 Å². The van der Waals surface area contributed by atoms with Gasteiger partial charge in [0.05, 0.1) is 24.4 Å². The molecule has 0 aliphatic rings. The zero-order valence-electron chi connectivity index (χ0n) is 16.1. The van der Waals surface area contributed by atoms with Crippen LogP contribution in [0.1, 0.15) is 36.2 Å². The highest BCUT2D eigenvalue weighted by molar-refractivity contribution is 7.16. The van der Waals surface area contributed by atoms with E-state index in [-0.39, 0.29) is 5.91 Å². The number of aromatic nitrogens is 1. The first kappa shape index (κ1) is 19.2. The Morgan fingerprint density at radius 1 is 1.07 bits per heavy atom. The number of carbonyl (C=O) groups is 1. The number of nitrogens with zero attached hydrogens (tertiary/aromatic N) is 2. The maximum atomic E-state index is 12.8. The molecule has 3 aromatic rings. The molecule has 0 atom stereocenters. The Kier molecular flexibility index (Phi) is 5.96. The van der Waals surface area contributed by atoms with E-state index in [9.17, 15) is 4.79 Å². The summed E-state index contributed by atoms with van der Waals surface area (Å²) < 4.78 is 13.8. The number of hydrogen-bond donors (Lipinski definition) is 0. The Bertz CT molecular complexity index is 1030. The van der Waals surface area contributed by atoms with Crippen LogP contribution < -0.4 is 14.3 Å². The van der Waals surface area contributed by atoms with Crippen LogP contribution in [-0.2, 0) is 13.0 Å². The van der Waals surface area contributed by atoms with Crippen molar-refractivity contribution in [3.63, 3.8) is 0 Å². The number of thiazole rings is 1. The molecule has 0 unspecified atom stereocenters. The van der Waals surface area contributed by atoms with Crippen LogP contribution in [0.5, 0.6) is 11.5 Å². The second-order valence-corrected chi connectivity index (χ2v) is 7.19. The molecule has 6 heteroatoms. The summed E-state index contributed by atoms with van der Waals surface area (Å²) in [5.41, 5.74) is 2.88. The fourth-order valence-electron chi connectivity index (χ4n) is 2.98. The quantitative estimate of drug-likeness (QED) is 0.632.